The van der Waals surface area contributed by atoms with Crippen LogP contribution in [0.3, 0.4) is 0 Å². The van der Waals surface area contributed by atoms with E-state index in [1.807, 2.05) is 6.07 Å². The lowest BCUT2D eigenvalue weighted by molar-refractivity contribution is 0.342. The van der Waals surface area contributed by atoms with Crippen molar-refractivity contribution in [3.8, 4) is 5.75 Å². The van der Waals surface area contributed by atoms with E-state index in [-0.39, 0.29) is 0 Å². The van der Waals surface area contributed by atoms with Gasteiger partial charge in [0.25, 0.3) is 0 Å². The largest absolute Gasteiger partial charge is 0.492 e. The first-order valence-electron chi connectivity index (χ1n) is 3.69. The summed E-state index contributed by atoms with van der Waals surface area (Å²) < 4.78 is 6.66. The van der Waals surface area contributed by atoms with Crippen LogP contribution in [0.15, 0.2) is 18.2 Å². The maximum absolute atomic E-state index is 5.49. The third kappa shape index (κ3) is 2.94. The second-order valence-electron chi connectivity index (χ2n) is 2.47. The van der Waals surface area contributed by atoms with Crippen molar-refractivity contribution in [1.29, 1.82) is 0 Å². The summed E-state index contributed by atoms with van der Waals surface area (Å²) >= 11 is 5.60. The summed E-state index contributed by atoms with van der Waals surface area (Å²) in [6.07, 6.45) is 0. The molecule has 0 spiro atoms. The monoisotopic (exact) mass is 340 g/mol. The maximum Gasteiger partial charge on any atom is 0.132 e. The first-order chi connectivity index (χ1) is 5.74. The van der Waals surface area contributed by atoms with Gasteiger partial charge in [0.1, 0.15) is 5.75 Å². The fourth-order valence-electron chi connectivity index (χ4n) is 0.871. The molecule has 12 heavy (non-hydrogen) atoms. The summed E-state index contributed by atoms with van der Waals surface area (Å²) in [7, 11) is 0. The van der Waals surface area contributed by atoms with Gasteiger partial charge < -0.3 is 4.74 Å². The Kier molecular flexibility index (Phi) is 4.35. The number of alkyl halides is 1. The van der Waals surface area contributed by atoms with Crippen LogP contribution in [0, 0.1) is 10.5 Å². The fraction of sp³-hybridized carbons (Fsp3) is 0.333. The molecule has 0 atom stereocenters. The molecule has 0 bridgehead atoms. The molecule has 0 aliphatic carbocycles. The molecule has 1 aromatic rings. The quantitative estimate of drug-likeness (QED) is 0.605. The van der Waals surface area contributed by atoms with Crippen LogP contribution in [-0.2, 0) is 0 Å². The van der Waals surface area contributed by atoms with Gasteiger partial charge in [-0.2, -0.15) is 0 Å². The molecular weight excluding hydrogens is 331 g/mol. The fourth-order valence-corrected chi connectivity index (χ4v) is 1.86. The van der Waals surface area contributed by atoms with Crippen LogP contribution < -0.4 is 4.74 Å². The van der Waals surface area contributed by atoms with Gasteiger partial charge in [0, 0.05) is 5.33 Å². The highest BCUT2D eigenvalue weighted by molar-refractivity contribution is 14.1. The Morgan fingerprint density at radius 2 is 2.25 bits per heavy atom. The molecule has 0 heterocycles. The number of rotatable bonds is 3. The predicted molar refractivity (Wildman–Crippen MR) is 63.2 cm³/mol. The van der Waals surface area contributed by atoms with Gasteiger partial charge in [-0.05, 0) is 47.2 Å². The van der Waals surface area contributed by atoms with Crippen molar-refractivity contribution >= 4 is 38.5 Å². The zero-order chi connectivity index (χ0) is 8.97. The smallest absolute Gasteiger partial charge is 0.132 e. The van der Waals surface area contributed by atoms with Gasteiger partial charge in [-0.1, -0.05) is 22.0 Å². The van der Waals surface area contributed by atoms with E-state index in [4.69, 9.17) is 4.74 Å². The molecule has 1 aromatic carbocycles. The summed E-state index contributed by atoms with van der Waals surface area (Å²) in [4.78, 5) is 0. The Bertz CT molecular complexity index is 263. The van der Waals surface area contributed by atoms with Crippen molar-refractivity contribution in [3.63, 3.8) is 0 Å². The Morgan fingerprint density at radius 1 is 1.50 bits per heavy atom. The minimum atomic E-state index is 0.721. The van der Waals surface area contributed by atoms with Gasteiger partial charge in [0.15, 0.2) is 0 Å². The molecule has 0 aliphatic rings. The van der Waals surface area contributed by atoms with Crippen LogP contribution in [0.2, 0.25) is 0 Å². The van der Waals surface area contributed by atoms with Crippen LogP contribution in [0.25, 0.3) is 0 Å². The Balaban J connectivity index is 2.72. The number of hydrogen-bond acceptors (Lipinski definition) is 1. The minimum absolute atomic E-state index is 0.721. The van der Waals surface area contributed by atoms with Crippen LogP contribution in [0.5, 0.6) is 5.75 Å². The summed E-state index contributed by atoms with van der Waals surface area (Å²) in [5.74, 6) is 0.973. The van der Waals surface area contributed by atoms with E-state index in [9.17, 15) is 0 Å². The number of ether oxygens (including phenoxy) is 1. The molecule has 0 N–H and O–H groups in total. The predicted octanol–water partition coefficient (Wildman–Crippen LogP) is 3.37. The average molecular weight is 341 g/mol. The summed E-state index contributed by atoms with van der Waals surface area (Å²) in [5.41, 5.74) is 1.27. The van der Waals surface area contributed by atoms with Crippen LogP contribution in [-0.4, -0.2) is 11.9 Å². The number of halogens is 2. The molecule has 0 aliphatic heterocycles. The van der Waals surface area contributed by atoms with E-state index in [2.05, 4.69) is 57.6 Å². The molecule has 1 rings (SSSR count). The highest BCUT2D eigenvalue weighted by Crippen LogP contribution is 2.21. The minimum Gasteiger partial charge on any atom is -0.492 e. The van der Waals surface area contributed by atoms with Crippen molar-refractivity contribution in [1.82, 2.24) is 0 Å². The Morgan fingerprint density at radius 3 is 2.83 bits per heavy atom. The zero-order valence-corrected chi connectivity index (χ0v) is 10.6. The second kappa shape index (κ2) is 5.07. The third-order valence-electron chi connectivity index (χ3n) is 1.42. The molecule has 0 aromatic heterocycles. The lowest BCUT2D eigenvalue weighted by atomic mass is 10.2. The van der Waals surface area contributed by atoms with Crippen LogP contribution in [0.1, 0.15) is 5.56 Å². The SMILES string of the molecule is Cc1ccc(OCCBr)c(I)c1. The normalized spacial score (nSPS) is 9.92. The molecule has 1 nitrogen and oxygen atoms in total. The van der Waals surface area contributed by atoms with E-state index in [0.29, 0.717) is 0 Å². The summed E-state index contributed by atoms with van der Waals surface area (Å²) in [5, 5.41) is 0.872. The van der Waals surface area contributed by atoms with Crippen molar-refractivity contribution < 1.29 is 4.74 Å². The molecule has 0 amide bonds. The van der Waals surface area contributed by atoms with Gasteiger partial charge in [0.05, 0.1) is 10.2 Å². The van der Waals surface area contributed by atoms with Gasteiger partial charge in [-0.15, -0.1) is 0 Å². The van der Waals surface area contributed by atoms with Gasteiger partial charge in [0.2, 0.25) is 0 Å². The van der Waals surface area contributed by atoms with E-state index in [1.54, 1.807) is 0 Å². The standard InChI is InChI=1S/C9H10BrIO/c1-7-2-3-9(8(11)6-7)12-5-4-10/h2-3,6H,4-5H2,1H3. The molecule has 0 radical (unpaired) electrons. The van der Waals surface area contributed by atoms with Crippen molar-refractivity contribution in [2.24, 2.45) is 0 Å². The summed E-state index contributed by atoms with van der Waals surface area (Å²) in [6, 6.07) is 6.19. The lowest BCUT2D eigenvalue weighted by Gasteiger charge is -2.06. The maximum atomic E-state index is 5.49. The zero-order valence-electron chi connectivity index (χ0n) is 6.81. The lowest BCUT2D eigenvalue weighted by Crippen LogP contribution is -1.99. The van der Waals surface area contributed by atoms with E-state index >= 15 is 0 Å². The van der Waals surface area contributed by atoms with Crippen molar-refractivity contribution in [2.75, 3.05) is 11.9 Å². The highest BCUT2D eigenvalue weighted by atomic mass is 127. The van der Waals surface area contributed by atoms with Crippen LogP contribution in [0.4, 0.5) is 0 Å². The molecule has 0 unspecified atom stereocenters. The molecule has 0 saturated carbocycles. The van der Waals surface area contributed by atoms with Gasteiger partial charge in [-0.25, -0.2) is 0 Å². The van der Waals surface area contributed by atoms with E-state index in [1.165, 1.54) is 9.13 Å². The number of aryl methyl sites for hydroxylation is 1. The summed E-state index contributed by atoms with van der Waals surface area (Å²) in [6.45, 7) is 2.80. The second-order valence-corrected chi connectivity index (χ2v) is 4.43. The number of hydrogen-bond donors (Lipinski definition) is 0. The van der Waals surface area contributed by atoms with Gasteiger partial charge >= 0.3 is 0 Å². The molecule has 0 fully saturated rings. The molecule has 0 saturated heterocycles. The first kappa shape index (κ1) is 10.3. The van der Waals surface area contributed by atoms with Crippen molar-refractivity contribution in [3.05, 3.63) is 27.3 Å². The molecular formula is C9H10BrIO. The van der Waals surface area contributed by atoms with Gasteiger partial charge in [-0.3, -0.25) is 0 Å². The molecule has 3 heteroatoms. The first-order valence-corrected chi connectivity index (χ1v) is 5.89. The van der Waals surface area contributed by atoms with Crippen molar-refractivity contribution in [2.45, 2.75) is 6.92 Å². The van der Waals surface area contributed by atoms with E-state index < -0.39 is 0 Å². The Labute approximate surface area is 94.8 Å². The Hall–Kier alpha value is 0.230. The topological polar surface area (TPSA) is 9.23 Å². The molecule has 66 valence electrons. The number of benzene rings is 1. The average Bonchev–Trinajstić information content (AvgIpc) is 2.03. The third-order valence-corrected chi connectivity index (χ3v) is 2.59. The van der Waals surface area contributed by atoms with E-state index in [0.717, 1.165) is 17.7 Å². The van der Waals surface area contributed by atoms with Crippen LogP contribution >= 0.6 is 38.5 Å². The highest BCUT2D eigenvalue weighted by Gasteiger charge is 1.99.